The lowest BCUT2D eigenvalue weighted by molar-refractivity contribution is 0.125. The molecule has 2 rings (SSSR count). The number of aryl methyl sites for hydroxylation is 1. The van der Waals surface area contributed by atoms with Gasteiger partial charge >= 0.3 is 0 Å². The standard InChI is InChI=1S/C14H24N4O/c1-3-15-13-8-11(2)16-14(17-13)9-18-6-4-12(10-19)5-7-18/h8,12,19H,3-7,9-10H2,1-2H3,(H,15,16,17). The Morgan fingerprint density at radius 3 is 2.74 bits per heavy atom. The highest BCUT2D eigenvalue weighted by Gasteiger charge is 2.19. The number of anilines is 1. The summed E-state index contributed by atoms with van der Waals surface area (Å²) >= 11 is 0. The lowest BCUT2D eigenvalue weighted by Crippen LogP contribution is -2.34. The summed E-state index contributed by atoms with van der Waals surface area (Å²) in [4.78, 5) is 11.4. The van der Waals surface area contributed by atoms with E-state index in [1.165, 1.54) is 0 Å². The van der Waals surface area contributed by atoms with Crippen molar-refractivity contribution in [3.63, 3.8) is 0 Å². The second-order valence-corrected chi connectivity index (χ2v) is 5.24. The fraction of sp³-hybridized carbons (Fsp3) is 0.714. The molecule has 5 nitrogen and oxygen atoms in total. The van der Waals surface area contributed by atoms with E-state index in [9.17, 15) is 0 Å². The van der Waals surface area contributed by atoms with Crippen LogP contribution in [0.5, 0.6) is 0 Å². The van der Waals surface area contributed by atoms with Crippen LogP contribution in [0.25, 0.3) is 0 Å². The molecule has 0 amide bonds. The van der Waals surface area contributed by atoms with E-state index in [1.54, 1.807) is 0 Å². The summed E-state index contributed by atoms with van der Waals surface area (Å²) in [5.74, 6) is 2.28. The lowest BCUT2D eigenvalue weighted by Gasteiger charge is -2.30. The molecule has 0 spiro atoms. The monoisotopic (exact) mass is 264 g/mol. The third-order valence-corrected chi connectivity index (χ3v) is 3.59. The van der Waals surface area contributed by atoms with Crippen LogP contribution in [0.15, 0.2) is 6.07 Å². The van der Waals surface area contributed by atoms with Gasteiger partial charge in [-0.2, -0.15) is 0 Å². The van der Waals surface area contributed by atoms with Gasteiger partial charge in [0.15, 0.2) is 0 Å². The van der Waals surface area contributed by atoms with Crippen molar-refractivity contribution in [2.45, 2.75) is 33.2 Å². The van der Waals surface area contributed by atoms with Gasteiger partial charge in [0.05, 0.1) is 6.54 Å². The number of piperidine rings is 1. The summed E-state index contributed by atoms with van der Waals surface area (Å²) in [7, 11) is 0. The van der Waals surface area contributed by atoms with E-state index < -0.39 is 0 Å². The molecule has 2 heterocycles. The molecule has 0 radical (unpaired) electrons. The molecule has 1 fully saturated rings. The Bertz CT molecular complexity index is 402. The second-order valence-electron chi connectivity index (χ2n) is 5.24. The van der Waals surface area contributed by atoms with Gasteiger partial charge in [0.2, 0.25) is 0 Å². The van der Waals surface area contributed by atoms with Crippen LogP contribution >= 0.6 is 0 Å². The highest BCUT2D eigenvalue weighted by Crippen LogP contribution is 2.18. The Morgan fingerprint density at radius 1 is 1.37 bits per heavy atom. The smallest absolute Gasteiger partial charge is 0.144 e. The molecule has 0 unspecified atom stereocenters. The molecule has 1 aliphatic rings. The van der Waals surface area contributed by atoms with Gasteiger partial charge in [0, 0.05) is 24.9 Å². The van der Waals surface area contributed by atoms with Gasteiger partial charge < -0.3 is 10.4 Å². The molecular weight excluding hydrogens is 240 g/mol. The molecular formula is C14H24N4O. The van der Waals surface area contributed by atoms with Gasteiger partial charge in [-0.15, -0.1) is 0 Å². The van der Waals surface area contributed by atoms with E-state index in [-0.39, 0.29) is 0 Å². The summed E-state index contributed by atoms with van der Waals surface area (Å²) in [6.45, 7) is 8.12. The molecule has 1 aromatic heterocycles. The summed E-state index contributed by atoms with van der Waals surface area (Å²) in [5, 5.41) is 12.4. The van der Waals surface area contributed by atoms with Gasteiger partial charge in [0.25, 0.3) is 0 Å². The van der Waals surface area contributed by atoms with Crippen LogP contribution in [-0.2, 0) is 6.54 Å². The van der Waals surface area contributed by atoms with Gasteiger partial charge in [-0.3, -0.25) is 4.90 Å². The maximum Gasteiger partial charge on any atom is 0.144 e. The van der Waals surface area contributed by atoms with Crippen LogP contribution in [0.3, 0.4) is 0 Å². The summed E-state index contributed by atoms with van der Waals surface area (Å²) in [6.07, 6.45) is 2.14. The normalized spacial score (nSPS) is 17.6. The lowest BCUT2D eigenvalue weighted by atomic mass is 9.98. The Morgan fingerprint density at radius 2 is 2.11 bits per heavy atom. The summed E-state index contributed by atoms with van der Waals surface area (Å²) in [5.41, 5.74) is 1.01. The Hall–Kier alpha value is -1.20. The highest BCUT2D eigenvalue weighted by atomic mass is 16.3. The first-order chi connectivity index (χ1) is 9.21. The van der Waals surface area contributed by atoms with Crippen LogP contribution in [-0.4, -0.2) is 46.2 Å². The summed E-state index contributed by atoms with van der Waals surface area (Å²) < 4.78 is 0. The van der Waals surface area contributed by atoms with Crippen LogP contribution < -0.4 is 5.32 Å². The fourth-order valence-corrected chi connectivity index (χ4v) is 2.50. The minimum absolute atomic E-state index is 0.319. The van der Waals surface area contributed by atoms with Crippen molar-refractivity contribution >= 4 is 5.82 Å². The quantitative estimate of drug-likeness (QED) is 0.842. The minimum Gasteiger partial charge on any atom is -0.396 e. The van der Waals surface area contributed by atoms with Gasteiger partial charge in [-0.1, -0.05) is 0 Å². The zero-order valence-corrected chi connectivity index (χ0v) is 11.9. The largest absolute Gasteiger partial charge is 0.396 e. The molecule has 0 aromatic carbocycles. The van der Waals surface area contributed by atoms with Crippen molar-refractivity contribution in [3.8, 4) is 0 Å². The first kappa shape index (κ1) is 14.2. The molecule has 19 heavy (non-hydrogen) atoms. The van der Waals surface area contributed by atoms with Crippen molar-refractivity contribution < 1.29 is 5.11 Å². The summed E-state index contributed by atoms with van der Waals surface area (Å²) in [6, 6.07) is 1.98. The fourth-order valence-electron chi connectivity index (χ4n) is 2.50. The zero-order chi connectivity index (χ0) is 13.7. The van der Waals surface area contributed by atoms with Gasteiger partial charge in [0.1, 0.15) is 11.6 Å². The molecule has 0 bridgehead atoms. The third-order valence-electron chi connectivity index (χ3n) is 3.59. The topological polar surface area (TPSA) is 61.3 Å². The van der Waals surface area contributed by atoms with E-state index in [1.807, 2.05) is 13.0 Å². The van der Waals surface area contributed by atoms with Crippen molar-refractivity contribution in [1.29, 1.82) is 0 Å². The van der Waals surface area contributed by atoms with Crippen LogP contribution in [0.1, 0.15) is 31.3 Å². The number of likely N-dealkylation sites (tertiary alicyclic amines) is 1. The van der Waals surface area contributed by atoms with E-state index >= 15 is 0 Å². The molecule has 106 valence electrons. The number of aromatic nitrogens is 2. The van der Waals surface area contributed by atoms with E-state index in [0.717, 1.165) is 56.4 Å². The average molecular weight is 264 g/mol. The molecule has 5 heteroatoms. The Balaban J connectivity index is 1.95. The van der Waals surface area contributed by atoms with E-state index in [0.29, 0.717) is 12.5 Å². The zero-order valence-electron chi connectivity index (χ0n) is 11.9. The SMILES string of the molecule is CCNc1cc(C)nc(CN2CCC(CO)CC2)n1. The van der Waals surface area contributed by atoms with E-state index in [2.05, 4.69) is 27.1 Å². The highest BCUT2D eigenvalue weighted by molar-refractivity contribution is 5.35. The molecule has 0 saturated carbocycles. The van der Waals surface area contributed by atoms with Crippen molar-refractivity contribution in [2.24, 2.45) is 5.92 Å². The number of hydrogen-bond acceptors (Lipinski definition) is 5. The first-order valence-electron chi connectivity index (χ1n) is 7.13. The first-order valence-corrected chi connectivity index (χ1v) is 7.13. The van der Waals surface area contributed by atoms with Crippen molar-refractivity contribution in [1.82, 2.24) is 14.9 Å². The average Bonchev–Trinajstić information content (AvgIpc) is 2.39. The Kier molecular flexibility index (Phi) is 5.10. The van der Waals surface area contributed by atoms with Gasteiger partial charge in [-0.05, 0) is 45.7 Å². The molecule has 0 aliphatic carbocycles. The van der Waals surface area contributed by atoms with Crippen molar-refractivity contribution in [3.05, 3.63) is 17.6 Å². The number of rotatable bonds is 5. The van der Waals surface area contributed by atoms with Crippen LogP contribution in [0.4, 0.5) is 5.82 Å². The maximum atomic E-state index is 9.15. The number of aliphatic hydroxyl groups is 1. The number of hydrogen-bond donors (Lipinski definition) is 2. The maximum absolute atomic E-state index is 9.15. The van der Waals surface area contributed by atoms with Crippen LogP contribution in [0, 0.1) is 12.8 Å². The van der Waals surface area contributed by atoms with Crippen LogP contribution in [0.2, 0.25) is 0 Å². The van der Waals surface area contributed by atoms with Crippen molar-refractivity contribution in [2.75, 3.05) is 31.6 Å². The number of aliphatic hydroxyl groups excluding tert-OH is 1. The van der Waals surface area contributed by atoms with E-state index in [4.69, 9.17) is 5.11 Å². The number of nitrogens with zero attached hydrogens (tertiary/aromatic N) is 3. The molecule has 1 aromatic rings. The molecule has 1 aliphatic heterocycles. The minimum atomic E-state index is 0.319. The predicted octanol–water partition coefficient (Wildman–Crippen LogP) is 1.42. The van der Waals surface area contributed by atoms with Gasteiger partial charge in [-0.25, -0.2) is 9.97 Å². The molecule has 0 atom stereocenters. The molecule has 1 saturated heterocycles. The second kappa shape index (κ2) is 6.82. The number of nitrogens with one attached hydrogen (secondary N) is 1. The Labute approximate surface area is 115 Å². The predicted molar refractivity (Wildman–Crippen MR) is 76.0 cm³/mol. The molecule has 2 N–H and O–H groups in total. The third kappa shape index (κ3) is 4.14.